The van der Waals surface area contributed by atoms with Gasteiger partial charge in [0.1, 0.15) is 0 Å². The van der Waals surface area contributed by atoms with E-state index in [1.807, 2.05) is 0 Å². The molecule has 0 amide bonds. The molecule has 3 heteroatoms. The first kappa shape index (κ1) is 11.5. The quantitative estimate of drug-likeness (QED) is 0.821. The van der Waals surface area contributed by atoms with Crippen LogP contribution < -0.4 is 0 Å². The topological polar surface area (TPSA) is 9.23 Å². The summed E-state index contributed by atoms with van der Waals surface area (Å²) in [6, 6.07) is 8.51. The molecule has 0 spiro atoms. The molecule has 0 radical (unpaired) electrons. The van der Waals surface area contributed by atoms with E-state index >= 15 is 0 Å². The van der Waals surface area contributed by atoms with Crippen LogP contribution in [0.4, 0.5) is 0 Å². The minimum Gasteiger partial charge on any atom is -0.381 e. The summed E-state index contributed by atoms with van der Waals surface area (Å²) in [5, 5.41) is 0.488. The second-order valence-corrected chi connectivity index (χ2v) is 5.60. The first-order valence-corrected chi connectivity index (χ1v) is 6.57. The molecule has 1 aromatic carbocycles. The maximum absolute atomic E-state index is 5.49. The van der Waals surface area contributed by atoms with Gasteiger partial charge < -0.3 is 4.74 Å². The van der Waals surface area contributed by atoms with Crippen molar-refractivity contribution in [3.63, 3.8) is 0 Å². The summed E-state index contributed by atoms with van der Waals surface area (Å²) in [6.07, 6.45) is 2.14. The smallest absolute Gasteiger partial charge is 0.0507 e. The fraction of sp³-hybridized carbons (Fsp3) is 0.500. The average molecular weight is 287 g/mol. The molecule has 1 nitrogen and oxygen atoms in total. The van der Waals surface area contributed by atoms with E-state index in [4.69, 9.17) is 4.74 Å². The van der Waals surface area contributed by atoms with Gasteiger partial charge in [0.15, 0.2) is 0 Å². The van der Waals surface area contributed by atoms with Crippen molar-refractivity contribution in [1.82, 2.24) is 0 Å². The summed E-state index contributed by atoms with van der Waals surface area (Å²) < 4.78 is 6.62. The van der Waals surface area contributed by atoms with Crippen molar-refractivity contribution in [2.24, 2.45) is 5.92 Å². The minimum absolute atomic E-state index is 0.488. The van der Waals surface area contributed by atoms with E-state index in [1.54, 1.807) is 0 Å². The molecule has 82 valence electrons. The normalized spacial score (nSPS) is 26.5. The van der Waals surface area contributed by atoms with Crippen molar-refractivity contribution in [3.8, 4) is 0 Å². The van der Waals surface area contributed by atoms with E-state index in [0.29, 0.717) is 11.2 Å². The zero-order valence-corrected chi connectivity index (χ0v) is 11.0. The Kier molecular flexibility index (Phi) is 4.12. The van der Waals surface area contributed by atoms with Crippen LogP contribution in [0.5, 0.6) is 0 Å². The molecular formula is C12H15BrOS. The Hall–Kier alpha value is 0.01000. The SMILES string of the molecule is S[C@@H]1CCOC[C@H]1Cc1ccc(Br)cc1. The van der Waals surface area contributed by atoms with Crippen molar-refractivity contribution in [2.75, 3.05) is 13.2 Å². The number of thiol groups is 1. The van der Waals surface area contributed by atoms with E-state index < -0.39 is 0 Å². The highest BCUT2D eigenvalue weighted by molar-refractivity contribution is 9.10. The Labute approximate surface area is 105 Å². The zero-order chi connectivity index (χ0) is 10.7. The van der Waals surface area contributed by atoms with Crippen LogP contribution in [-0.4, -0.2) is 18.5 Å². The number of hydrogen-bond acceptors (Lipinski definition) is 2. The monoisotopic (exact) mass is 286 g/mol. The van der Waals surface area contributed by atoms with Gasteiger partial charge in [-0.15, -0.1) is 0 Å². The van der Waals surface area contributed by atoms with E-state index in [9.17, 15) is 0 Å². The Bertz CT molecular complexity index is 312. The van der Waals surface area contributed by atoms with E-state index in [0.717, 1.165) is 30.5 Å². The van der Waals surface area contributed by atoms with Crippen molar-refractivity contribution in [3.05, 3.63) is 34.3 Å². The van der Waals surface area contributed by atoms with Gasteiger partial charge in [-0.05, 0) is 36.5 Å². The Morgan fingerprint density at radius 1 is 1.33 bits per heavy atom. The van der Waals surface area contributed by atoms with Gasteiger partial charge in [0.05, 0.1) is 6.61 Å². The summed E-state index contributed by atoms with van der Waals surface area (Å²) in [5.74, 6) is 0.559. The van der Waals surface area contributed by atoms with E-state index in [-0.39, 0.29) is 0 Å². The fourth-order valence-electron chi connectivity index (χ4n) is 1.90. The molecule has 2 rings (SSSR count). The lowest BCUT2D eigenvalue weighted by molar-refractivity contribution is 0.0596. The third kappa shape index (κ3) is 3.23. The molecule has 0 unspecified atom stereocenters. The molecule has 15 heavy (non-hydrogen) atoms. The van der Waals surface area contributed by atoms with Crippen LogP contribution in [0.1, 0.15) is 12.0 Å². The molecule has 1 saturated heterocycles. The van der Waals surface area contributed by atoms with Crippen LogP contribution in [0, 0.1) is 5.92 Å². The Morgan fingerprint density at radius 2 is 2.07 bits per heavy atom. The van der Waals surface area contributed by atoms with Crippen LogP contribution in [0.15, 0.2) is 28.7 Å². The summed E-state index contributed by atoms with van der Waals surface area (Å²) in [4.78, 5) is 0. The molecule has 0 aromatic heterocycles. The van der Waals surface area contributed by atoms with E-state index in [2.05, 4.69) is 52.8 Å². The van der Waals surface area contributed by atoms with Crippen molar-refractivity contribution < 1.29 is 4.74 Å². The highest BCUT2D eigenvalue weighted by Crippen LogP contribution is 2.24. The van der Waals surface area contributed by atoms with Crippen molar-refractivity contribution in [1.29, 1.82) is 0 Å². The Balaban J connectivity index is 1.98. The molecule has 1 aliphatic rings. The van der Waals surface area contributed by atoms with Gasteiger partial charge in [-0.25, -0.2) is 0 Å². The zero-order valence-electron chi connectivity index (χ0n) is 8.53. The molecule has 1 aromatic rings. The average Bonchev–Trinajstić information content (AvgIpc) is 2.25. The molecule has 1 aliphatic heterocycles. The van der Waals surface area contributed by atoms with Crippen LogP contribution in [0.3, 0.4) is 0 Å². The predicted octanol–water partition coefficient (Wildman–Crippen LogP) is 3.33. The van der Waals surface area contributed by atoms with Gasteiger partial charge in [0.25, 0.3) is 0 Å². The predicted molar refractivity (Wildman–Crippen MR) is 69.5 cm³/mol. The molecule has 0 saturated carbocycles. The molecule has 0 bridgehead atoms. The largest absolute Gasteiger partial charge is 0.381 e. The van der Waals surface area contributed by atoms with Crippen LogP contribution in [0.25, 0.3) is 0 Å². The lowest BCUT2D eigenvalue weighted by atomic mass is 9.94. The third-order valence-corrected chi connectivity index (χ3v) is 4.05. The second-order valence-electron chi connectivity index (χ2n) is 4.02. The van der Waals surface area contributed by atoms with Gasteiger partial charge >= 0.3 is 0 Å². The molecule has 1 fully saturated rings. The first-order valence-electron chi connectivity index (χ1n) is 5.26. The van der Waals surface area contributed by atoms with Crippen molar-refractivity contribution >= 4 is 28.6 Å². The molecule has 0 N–H and O–H groups in total. The van der Waals surface area contributed by atoms with Crippen LogP contribution in [-0.2, 0) is 11.2 Å². The number of rotatable bonds is 2. The summed E-state index contributed by atoms with van der Waals surface area (Å²) >= 11 is 8.06. The van der Waals surface area contributed by atoms with Gasteiger partial charge in [0.2, 0.25) is 0 Å². The van der Waals surface area contributed by atoms with Crippen LogP contribution >= 0.6 is 28.6 Å². The van der Waals surface area contributed by atoms with Gasteiger partial charge in [-0.1, -0.05) is 28.1 Å². The van der Waals surface area contributed by atoms with Crippen molar-refractivity contribution in [2.45, 2.75) is 18.1 Å². The second kappa shape index (κ2) is 5.37. The number of ether oxygens (including phenoxy) is 1. The summed E-state index contributed by atoms with van der Waals surface area (Å²) in [7, 11) is 0. The number of halogens is 1. The van der Waals surface area contributed by atoms with E-state index in [1.165, 1.54) is 5.56 Å². The highest BCUT2D eigenvalue weighted by Gasteiger charge is 2.22. The maximum atomic E-state index is 5.49. The number of hydrogen-bond donors (Lipinski definition) is 1. The summed E-state index contributed by atoms with van der Waals surface area (Å²) in [5.41, 5.74) is 1.37. The minimum atomic E-state index is 0.488. The fourth-order valence-corrected chi connectivity index (χ4v) is 2.46. The lowest BCUT2D eigenvalue weighted by Gasteiger charge is -2.28. The van der Waals surface area contributed by atoms with Gasteiger partial charge in [-0.3, -0.25) is 0 Å². The maximum Gasteiger partial charge on any atom is 0.0507 e. The molecule has 1 heterocycles. The third-order valence-electron chi connectivity index (χ3n) is 2.85. The Morgan fingerprint density at radius 3 is 2.73 bits per heavy atom. The molecular weight excluding hydrogens is 272 g/mol. The highest BCUT2D eigenvalue weighted by atomic mass is 79.9. The van der Waals surface area contributed by atoms with Gasteiger partial charge in [0, 0.05) is 16.3 Å². The van der Waals surface area contributed by atoms with Gasteiger partial charge in [-0.2, -0.15) is 12.6 Å². The standard InChI is InChI=1S/C12H15BrOS/c13-11-3-1-9(2-4-11)7-10-8-14-6-5-12(10)15/h1-4,10,12,15H,5-8H2/t10-,12-/m1/s1. The lowest BCUT2D eigenvalue weighted by Crippen LogP contribution is -2.29. The van der Waals surface area contributed by atoms with Crippen LogP contribution in [0.2, 0.25) is 0 Å². The summed E-state index contributed by atoms with van der Waals surface area (Å²) in [6.45, 7) is 1.72. The first-order chi connectivity index (χ1) is 7.25. The molecule has 2 atom stereocenters. The molecule has 0 aliphatic carbocycles. The number of benzene rings is 1.